The van der Waals surface area contributed by atoms with E-state index in [4.69, 9.17) is 4.84 Å². The predicted molar refractivity (Wildman–Crippen MR) is 98.6 cm³/mol. The minimum absolute atomic E-state index is 0.0832. The SMILES string of the molecule is CC(I)[C@@H]1CN(OCc2ccccc2)C(=O)[C@@]1(C)CC(F)(F)C(F)(F)C(F)(F)F. The van der Waals surface area contributed by atoms with Gasteiger partial charge in [0.25, 0.3) is 5.91 Å². The minimum atomic E-state index is -6.44. The Bertz CT molecular complexity index is 727. The third-order valence-corrected chi connectivity index (χ3v) is 5.95. The summed E-state index contributed by atoms with van der Waals surface area (Å²) in [5.41, 5.74) is -1.49. The van der Waals surface area contributed by atoms with Crippen molar-refractivity contribution in [2.24, 2.45) is 11.3 Å². The van der Waals surface area contributed by atoms with Gasteiger partial charge in [0.05, 0.1) is 12.0 Å². The summed E-state index contributed by atoms with van der Waals surface area (Å²) in [4.78, 5) is 18.1. The fourth-order valence-corrected chi connectivity index (χ4v) is 4.40. The standard InChI is InChI=1S/C18H19F7INO2/c1-11(26)13-8-27(29-9-12-6-4-3-5-7-12)14(28)15(13,2)10-16(19,20)17(21,22)18(23,24)25/h3-7,11,13H,8-10H2,1-2H3/t11?,13-,15-/m0/s1. The molecule has 0 bridgehead atoms. The van der Waals surface area contributed by atoms with E-state index in [1.165, 1.54) is 0 Å². The largest absolute Gasteiger partial charge is 0.459 e. The quantitative estimate of drug-likeness (QED) is 0.255. The highest BCUT2D eigenvalue weighted by molar-refractivity contribution is 14.1. The summed E-state index contributed by atoms with van der Waals surface area (Å²) in [5.74, 6) is -13.7. The lowest BCUT2D eigenvalue weighted by Gasteiger charge is -2.36. The van der Waals surface area contributed by atoms with Crippen molar-refractivity contribution in [3.63, 3.8) is 0 Å². The van der Waals surface area contributed by atoms with Crippen LogP contribution in [0.2, 0.25) is 0 Å². The van der Waals surface area contributed by atoms with E-state index in [-0.39, 0.29) is 13.2 Å². The van der Waals surface area contributed by atoms with Crippen molar-refractivity contribution < 1.29 is 40.4 Å². The number of rotatable bonds is 7. The van der Waals surface area contributed by atoms with Crippen molar-refractivity contribution in [1.29, 1.82) is 0 Å². The second-order valence-corrected chi connectivity index (χ2v) is 9.24. The van der Waals surface area contributed by atoms with Crippen LogP contribution in [0.5, 0.6) is 0 Å². The maximum Gasteiger partial charge on any atom is 0.459 e. The van der Waals surface area contributed by atoms with Crippen LogP contribution in [0, 0.1) is 11.3 Å². The van der Waals surface area contributed by atoms with Crippen LogP contribution in [-0.2, 0) is 16.2 Å². The van der Waals surface area contributed by atoms with Gasteiger partial charge in [0.1, 0.15) is 6.61 Å². The Morgan fingerprint density at radius 1 is 1.17 bits per heavy atom. The van der Waals surface area contributed by atoms with Gasteiger partial charge in [-0.1, -0.05) is 66.8 Å². The first-order chi connectivity index (χ1) is 13.1. The molecule has 0 N–H and O–H groups in total. The summed E-state index contributed by atoms with van der Waals surface area (Å²) in [7, 11) is 0. The topological polar surface area (TPSA) is 29.5 Å². The van der Waals surface area contributed by atoms with E-state index in [1.54, 1.807) is 37.3 Å². The van der Waals surface area contributed by atoms with Crippen LogP contribution in [0.15, 0.2) is 30.3 Å². The third-order valence-electron chi connectivity index (χ3n) is 5.08. The third kappa shape index (κ3) is 4.64. The minimum Gasteiger partial charge on any atom is -0.272 e. The maximum atomic E-state index is 14.1. The van der Waals surface area contributed by atoms with E-state index in [0.717, 1.165) is 12.0 Å². The molecule has 1 heterocycles. The first-order valence-corrected chi connectivity index (χ1v) is 9.83. The Morgan fingerprint density at radius 3 is 2.21 bits per heavy atom. The molecule has 3 atom stereocenters. The molecule has 1 saturated heterocycles. The van der Waals surface area contributed by atoms with E-state index in [9.17, 15) is 35.5 Å². The number of hydrogen-bond acceptors (Lipinski definition) is 2. The lowest BCUT2D eigenvalue weighted by molar-refractivity contribution is -0.359. The Balaban J connectivity index is 2.27. The molecule has 1 aliphatic rings. The van der Waals surface area contributed by atoms with E-state index in [0.29, 0.717) is 5.56 Å². The van der Waals surface area contributed by atoms with Crippen LogP contribution < -0.4 is 0 Å². The monoisotopic (exact) mass is 541 g/mol. The number of alkyl halides is 8. The van der Waals surface area contributed by atoms with Crippen LogP contribution in [0.3, 0.4) is 0 Å². The molecule has 1 amide bonds. The molecule has 0 radical (unpaired) electrons. The molecule has 164 valence electrons. The zero-order valence-corrected chi connectivity index (χ0v) is 17.6. The van der Waals surface area contributed by atoms with Gasteiger partial charge < -0.3 is 0 Å². The summed E-state index contributed by atoms with van der Waals surface area (Å²) in [6, 6.07) is 8.55. The summed E-state index contributed by atoms with van der Waals surface area (Å²) >= 11 is 1.83. The summed E-state index contributed by atoms with van der Waals surface area (Å²) in [6.07, 6.45) is -8.39. The molecule has 3 nitrogen and oxygen atoms in total. The van der Waals surface area contributed by atoms with Gasteiger partial charge in [-0.05, 0) is 5.56 Å². The highest BCUT2D eigenvalue weighted by Crippen LogP contribution is 2.55. The zero-order valence-electron chi connectivity index (χ0n) is 15.5. The molecular weight excluding hydrogens is 522 g/mol. The molecule has 2 rings (SSSR count). The molecule has 1 aromatic rings. The van der Waals surface area contributed by atoms with Gasteiger partial charge >= 0.3 is 18.0 Å². The van der Waals surface area contributed by atoms with Gasteiger partial charge in [0, 0.05) is 16.3 Å². The van der Waals surface area contributed by atoms with E-state index >= 15 is 0 Å². The summed E-state index contributed by atoms with van der Waals surface area (Å²) in [5, 5.41) is 0.786. The number of hydrogen-bond donors (Lipinski definition) is 0. The average molecular weight is 541 g/mol. The van der Waals surface area contributed by atoms with E-state index in [2.05, 4.69) is 0 Å². The fourth-order valence-electron chi connectivity index (χ4n) is 3.38. The maximum absolute atomic E-state index is 14.1. The molecule has 1 aromatic carbocycles. The molecule has 11 heteroatoms. The Morgan fingerprint density at radius 2 is 1.72 bits per heavy atom. The van der Waals surface area contributed by atoms with Crippen molar-refractivity contribution in [3.05, 3.63) is 35.9 Å². The first-order valence-electron chi connectivity index (χ1n) is 8.59. The lowest BCUT2D eigenvalue weighted by atomic mass is 9.72. The number of benzene rings is 1. The molecule has 0 spiro atoms. The van der Waals surface area contributed by atoms with Crippen LogP contribution in [0.25, 0.3) is 0 Å². The zero-order chi connectivity index (χ0) is 22.3. The van der Waals surface area contributed by atoms with Gasteiger partial charge in [-0.2, -0.15) is 30.7 Å². The van der Waals surface area contributed by atoms with Gasteiger partial charge in [-0.15, -0.1) is 0 Å². The van der Waals surface area contributed by atoms with Crippen LogP contribution in [0.1, 0.15) is 25.8 Å². The van der Waals surface area contributed by atoms with Gasteiger partial charge in [-0.25, -0.2) is 5.06 Å². The fraction of sp³-hybridized carbons (Fsp3) is 0.611. The highest BCUT2D eigenvalue weighted by atomic mass is 127. The van der Waals surface area contributed by atoms with Gasteiger partial charge in [-0.3, -0.25) is 9.63 Å². The van der Waals surface area contributed by atoms with Crippen molar-refractivity contribution in [1.82, 2.24) is 5.06 Å². The molecular formula is C18H19F7INO2. The second-order valence-electron chi connectivity index (χ2n) is 7.28. The Kier molecular flexibility index (Phi) is 6.83. The number of hydroxylamine groups is 2. The van der Waals surface area contributed by atoms with Gasteiger partial charge in [0.15, 0.2) is 0 Å². The molecule has 29 heavy (non-hydrogen) atoms. The normalized spacial score (nSPS) is 24.8. The van der Waals surface area contributed by atoms with Crippen molar-refractivity contribution in [2.75, 3.05) is 6.54 Å². The van der Waals surface area contributed by atoms with Crippen LogP contribution >= 0.6 is 22.6 Å². The first kappa shape index (κ1) is 24.2. The molecule has 0 aromatic heterocycles. The number of halogens is 8. The van der Waals surface area contributed by atoms with Crippen molar-refractivity contribution in [3.8, 4) is 0 Å². The van der Waals surface area contributed by atoms with E-state index < -0.39 is 45.6 Å². The van der Waals surface area contributed by atoms with Crippen LogP contribution in [0.4, 0.5) is 30.7 Å². The number of nitrogens with zero attached hydrogens (tertiary/aromatic N) is 1. The molecule has 1 aliphatic heterocycles. The number of carbonyl (C=O) groups excluding carboxylic acids is 1. The second kappa shape index (κ2) is 8.20. The Labute approximate surface area is 176 Å². The smallest absolute Gasteiger partial charge is 0.272 e. The van der Waals surface area contributed by atoms with E-state index in [1.807, 2.05) is 22.6 Å². The highest BCUT2D eigenvalue weighted by Gasteiger charge is 2.75. The Hall–Kier alpha value is -1.11. The number of carbonyl (C=O) groups is 1. The molecule has 0 aliphatic carbocycles. The molecule has 1 fully saturated rings. The summed E-state index contributed by atoms with van der Waals surface area (Å²) < 4.78 is 92.1. The van der Waals surface area contributed by atoms with Crippen LogP contribution in [-0.4, -0.2) is 39.5 Å². The average Bonchev–Trinajstić information content (AvgIpc) is 2.83. The molecule has 0 saturated carbocycles. The molecule has 1 unspecified atom stereocenters. The number of amides is 1. The van der Waals surface area contributed by atoms with Crippen molar-refractivity contribution >= 4 is 28.5 Å². The predicted octanol–water partition coefficient (Wildman–Crippen LogP) is 5.63. The van der Waals surface area contributed by atoms with Gasteiger partial charge in [0.2, 0.25) is 0 Å². The van der Waals surface area contributed by atoms with Crippen molar-refractivity contribution in [2.45, 2.75) is 48.8 Å². The lowest BCUT2D eigenvalue weighted by Crippen LogP contribution is -2.55. The summed E-state index contributed by atoms with van der Waals surface area (Å²) in [6.45, 7) is 2.28.